The highest BCUT2D eigenvalue weighted by Crippen LogP contribution is 2.27. The van der Waals surface area contributed by atoms with Crippen molar-refractivity contribution in [2.24, 2.45) is 11.7 Å². The third-order valence-electron chi connectivity index (χ3n) is 3.21. The topological polar surface area (TPSA) is 73.6 Å². The molecule has 0 aliphatic carbocycles. The minimum Gasteiger partial charge on any atom is -0.493 e. The van der Waals surface area contributed by atoms with Crippen LogP contribution >= 0.6 is 0 Å². The lowest BCUT2D eigenvalue weighted by molar-refractivity contribution is -0.124. The molecule has 0 spiro atoms. The fourth-order valence-corrected chi connectivity index (χ4v) is 1.92. The van der Waals surface area contributed by atoms with Gasteiger partial charge in [0.25, 0.3) is 0 Å². The van der Waals surface area contributed by atoms with Gasteiger partial charge < -0.3 is 20.5 Å². The second kappa shape index (κ2) is 8.43. The molecule has 0 aromatic heterocycles. The molecular formula is C15H24N2O3. The molecule has 0 aliphatic heterocycles. The summed E-state index contributed by atoms with van der Waals surface area (Å²) in [6, 6.07) is 5.76. The molecule has 0 saturated heterocycles. The first kappa shape index (κ1) is 16.3. The van der Waals surface area contributed by atoms with Crippen LogP contribution in [0.2, 0.25) is 0 Å². The van der Waals surface area contributed by atoms with Crippen LogP contribution in [0.15, 0.2) is 18.2 Å². The predicted molar refractivity (Wildman–Crippen MR) is 79.1 cm³/mol. The highest BCUT2D eigenvalue weighted by molar-refractivity contribution is 5.78. The summed E-state index contributed by atoms with van der Waals surface area (Å²) < 4.78 is 10.4. The second-order valence-electron chi connectivity index (χ2n) is 4.71. The third kappa shape index (κ3) is 4.74. The average molecular weight is 280 g/mol. The van der Waals surface area contributed by atoms with Crippen LogP contribution in [0, 0.1) is 5.92 Å². The van der Waals surface area contributed by atoms with Gasteiger partial charge in [-0.15, -0.1) is 0 Å². The van der Waals surface area contributed by atoms with Crippen molar-refractivity contribution in [1.82, 2.24) is 5.32 Å². The van der Waals surface area contributed by atoms with Gasteiger partial charge in [-0.2, -0.15) is 0 Å². The molecule has 1 unspecified atom stereocenters. The number of methoxy groups -OCH3 is 2. The fraction of sp³-hybridized carbons (Fsp3) is 0.533. The molecule has 1 amide bonds. The molecule has 1 rings (SSSR count). The van der Waals surface area contributed by atoms with Gasteiger partial charge in [0.2, 0.25) is 5.91 Å². The number of carbonyl (C=O) groups is 1. The summed E-state index contributed by atoms with van der Waals surface area (Å²) >= 11 is 0. The lowest BCUT2D eigenvalue weighted by Gasteiger charge is -2.12. The van der Waals surface area contributed by atoms with Crippen LogP contribution in [-0.4, -0.2) is 33.2 Å². The molecule has 0 heterocycles. The minimum absolute atomic E-state index is 0.0367. The Labute approximate surface area is 120 Å². The van der Waals surface area contributed by atoms with Crippen molar-refractivity contribution in [3.05, 3.63) is 23.8 Å². The Morgan fingerprint density at radius 3 is 2.60 bits per heavy atom. The molecule has 1 atom stereocenters. The molecule has 112 valence electrons. The Balaban J connectivity index is 2.48. The number of amides is 1. The monoisotopic (exact) mass is 280 g/mol. The highest BCUT2D eigenvalue weighted by Gasteiger charge is 2.11. The number of rotatable bonds is 8. The molecular weight excluding hydrogens is 256 g/mol. The van der Waals surface area contributed by atoms with E-state index >= 15 is 0 Å². The van der Waals surface area contributed by atoms with E-state index in [9.17, 15) is 4.79 Å². The van der Waals surface area contributed by atoms with Crippen molar-refractivity contribution in [2.75, 3.05) is 27.3 Å². The van der Waals surface area contributed by atoms with E-state index in [4.69, 9.17) is 15.2 Å². The molecule has 20 heavy (non-hydrogen) atoms. The van der Waals surface area contributed by atoms with Crippen LogP contribution < -0.4 is 20.5 Å². The maximum absolute atomic E-state index is 11.7. The number of nitrogens with one attached hydrogen (secondary N) is 1. The van der Waals surface area contributed by atoms with Crippen LogP contribution in [0.3, 0.4) is 0 Å². The van der Waals surface area contributed by atoms with Crippen molar-refractivity contribution >= 4 is 5.91 Å². The molecule has 0 saturated carbocycles. The number of nitrogens with two attached hydrogens (primary N) is 1. The summed E-state index contributed by atoms with van der Waals surface area (Å²) in [6.07, 6.45) is 1.46. The Morgan fingerprint density at radius 2 is 2.00 bits per heavy atom. The zero-order chi connectivity index (χ0) is 15.0. The molecule has 5 heteroatoms. The van der Waals surface area contributed by atoms with E-state index in [1.165, 1.54) is 0 Å². The first-order valence-electron chi connectivity index (χ1n) is 6.81. The largest absolute Gasteiger partial charge is 0.493 e. The Kier molecular flexibility index (Phi) is 6.87. The average Bonchev–Trinajstić information content (AvgIpc) is 2.47. The van der Waals surface area contributed by atoms with Crippen molar-refractivity contribution < 1.29 is 14.3 Å². The second-order valence-corrected chi connectivity index (χ2v) is 4.71. The first-order valence-corrected chi connectivity index (χ1v) is 6.81. The minimum atomic E-state index is -0.0367. The van der Waals surface area contributed by atoms with Crippen molar-refractivity contribution in [3.8, 4) is 11.5 Å². The molecule has 1 aromatic rings. The quantitative estimate of drug-likeness (QED) is 0.754. The fourth-order valence-electron chi connectivity index (χ4n) is 1.92. The van der Waals surface area contributed by atoms with Crippen LogP contribution in [0.4, 0.5) is 0 Å². The predicted octanol–water partition coefficient (Wildman–Crippen LogP) is 1.35. The number of carbonyl (C=O) groups excluding carboxylic acids is 1. The normalized spacial score (nSPS) is 11.8. The van der Waals surface area contributed by atoms with Crippen molar-refractivity contribution in [3.63, 3.8) is 0 Å². The van der Waals surface area contributed by atoms with Crippen LogP contribution in [0.25, 0.3) is 0 Å². The van der Waals surface area contributed by atoms with Gasteiger partial charge in [0.15, 0.2) is 11.5 Å². The Hall–Kier alpha value is -1.75. The summed E-state index contributed by atoms with van der Waals surface area (Å²) in [5, 5.41) is 2.92. The zero-order valence-electron chi connectivity index (χ0n) is 12.4. The van der Waals surface area contributed by atoms with E-state index in [0.717, 1.165) is 12.0 Å². The van der Waals surface area contributed by atoms with Gasteiger partial charge in [-0.3, -0.25) is 4.79 Å². The van der Waals surface area contributed by atoms with Crippen LogP contribution in [0.5, 0.6) is 11.5 Å². The summed E-state index contributed by atoms with van der Waals surface area (Å²) in [4.78, 5) is 11.7. The Bertz CT molecular complexity index is 435. The lowest BCUT2D eigenvalue weighted by Crippen LogP contribution is -2.31. The van der Waals surface area contributed by atoms with Gasteiger partial charge in [0, 0.05) is 12.5 Å². The summed E-state index contributed by atoms with van der Waals surface area (Å²) in [6.45, 7) is 3.02. The van der Waals surface area contributed by atoms with Gasteiger partial charge in [-0.25, -0.2) is 0 Å². The van der Waals surface area contributed by atoms with E-state index in [-0.39, 0.29) is 11.8 Å². The third-order valence-corrected chi connectivity index (χ3v) is 3.21. The molecule has 5 nitrogen and oxygen atoms in total. The van der Waals surface area contributed by atoms with E-state index in [2.05, 4.69) is 5.32 Å². The lowest BCUT2D eigenvalue weighted by atomic mass is 10.1. The van der Waals surface area contributed by atoms with Crippen molar-refractivity contribution in [2.45, 2.75) is 19.8 Å². The first-order chi connectivity index (χ1) is 9.62. The summed E-state index contributed by atoms with van der Waals surface area (Å²) in [5.74, 6) is 1.42. The van der Waals surface area contributed by atoms with Gasteiger partial charge in [0.05, 0.1) is 14.2 Å². The van der Waals surface area contributed by atoms with Crippen LogP contribution in [-0.2, 0) is 11.2 Å². The SMILES string of the molecule is COc1ccc(CCNC(=O)C(C)CCN)cc1OC. The molecule has 0 radical (unpaired) electrons. The molecule has 1 aromatic carbocycles. The van der Waals surface area contributed by atoms with Gasteiger partial charge in [-0.05, 0) is 37.1 Å². The van der Waals surface area contributed by atoms with Crippen molar-refractivity contribution in [1.29, 1.82) is 0 Å². The van der Waals surface area contributed by atoms with Crippen LogP contribution in [0.1, 0.15) is 18.9 Å². The number of ether oxygens (including phenoxy) is 2. The summed E-state index contributed by atoms with van der Waals surface area (Å²) in [5.41, 5.74) is 6.53. The maximum atomic E-state index is 11.7. The number of benzene rings is 1. The standard InChI is InChI=1S/C15H24N2O3/c1-11(6-8-16)15(18)17-9-7-12-4-5-13(19-2)14(10-12)20-3/h4-5,10-11H,6-9,16H2,1-3H3,(H,17,18). The Morgan fingerprint density at radius 1 is 1.30 bits per heavy atom. The zero-order valence-corrected chi connectivity index (χ0v) is 12.4. The summed E-state index contributed by atoms with van der Waals surface area (Å²) in [7, 11) is 3.22. The highest BCUT2D eigenvalue weighted by atomic mass is 16.5. The molecule has 0 fully saturated rings. The maximum Gasteiger partial charge on any atom is 0.222 e. The van der Waals surface area contributed by atoms with E-state index in [1.807, 2.05) is 25.1 Å². The molecule has 3 N–H and O–H groups in total. The smallest absolute Gasteiger partial charge is 0.222 e. The van der Waals surface area contributed by atoms with Gasteiger partial charge >= 0.3 is 0 Å². The van der Waals surface area contributed by atoms with Gasteiger partial charge in [-0.1, -0.05) is 13.0 Å². The van der Waals surface area contributed by atoms with E-state index < -0.39 is 0 Å². The van der Waals surface area contributed by atoms with E-state index in [1.54, 1.807) is 14.2 Å². The molecule has 0 bridgehead atoms. The number of hydrogen-bond acceptors (Lipinski definition) is 4. The van der Waals surface area contributed by atoms with E-state index in [0.29, 0.717) is 31.0 Å². The molecule has 0 aliphatic rings. The van der Waals surface area contributed by atoms with Gasteiger partial charge in [0.1, 0.15) is 0 Å². The number of hydrogen-bond donors (Lipinski definition) is 2.